The number of halogens is 1. The van der Waals surface area contributed by atoms with Gasteiger partial charge < -0.3 is 4.98 Å². The summed E-state index contributed by atoms with van der Waals surface area (Å²) in [6.07, 6.45) is 1.65. The molecule has 0 unspecified atom stereocenters. The van der Waals surface area contributed by atoms with Crippen molar-refractivity contribution < 1.29 is 4.79 Å². The lowest BCUT2D eigenvalue weighted by Crippen LogP contribution is -1.86. The fraction of sp³-hybridized carbons (Fsp3) is 0.100. The maximum atomic E-state index is 11.0. The predicted octanol–water partition coefficient (Wildman–Crippen LogP) is 2.86. The number of rotatable bonds is 1. The Kier molecular flexibility index (Phi) is 1.85. The standard InChI is InChI=1S/C10H8ClNO/c1-6-3-2-4-8-9(6)7(5-12-8)10(11)13/h2-5,12H,1H3. The first-order valence-electron chi connectivity index (χ1n) is 3.96. The summed E-state index contributed by atoms with van der Waals surface area (Å²) in [6, 6.07) is 5.82. The number of hydrogen-bond donors (Lipinski definition) is 1. The minimum atomic E-state index is -0.416. The summed E-state index contributed by atoms with van der Waals surface area (Å²) in [5.41, 5.74) is 2.56. The molecule has 0 bridgehead atoms. The minimum absolute atomic E-state index is 0.416. The van der Waals surface area contributed by atoms with Gasteiger partial charge in [-0.15, -0.1) is 0 Å². The number of carbonyl (C=O) groups is 1. The molecule has 0 aliphatic heterocycles. The lowest BCUT2D eigenvalue weighted by atomic mass is 10.1. The Balaban J connectivity index is 2.86. The van der Waals surface area contributed by atoms with Gasteiger partial charge in [0.05, 0.1) is 5.56 Å². The van der Waals surface area contributed by atoms with Crippen molar-refractivity contribution in [1.29, 1.82) is 0 Å². The van der Waals surface area contributed by atoms with E-state index >= 15 is 0 Å². The van der Waals surface area contributed by atoms with Crippen molar-refractivity contribution in [2.45, 2.75) is 6.92 Å². The van der Waals surface area contributed by atoms with Crippen LogP contribution in [0.1, 0.15) is 15.9 Å². The normalized spacial score (nSPS) is 10.6. The maximum absolute atomic E-state index is 11.0. The van der Waals surface area contributed by atoms with Crippen LogP contribution in [-0.4, -0.2) is 10.2 Å². The Morgan fingerprint density at radius 1 is 1.46 bits per heavy atom. The number of hydrogen-bond acceptors (Lipinski definition) is 1. The average Bonchev–Trinajstić information content (AvgIpc) is 2.49. The third-order valence-corrected chi connectivity index (χ3v) is 2.33. The van der Waals surface area contributed by atoms with Gasteiger partial charge in [0.1, 0.15) is 0 Å². The van der Waals surface area contributed by atoms with Gasteiger partial charge in [-0.1, -0.05) is 12.1 Å². The smallest absolute Gasteiger partial charge is 0.254 e. The minimum Gasteiger partial charge on any atom is -0.360 e. The highest BCUT2D eigenvalue weighted by Gasteiger charge is 2.10. The van der Waals surface area contributed by atoms with Crippen LogP contribution in [0, 0.1) is 6.92 Å². The van der Waals surface area contributed by atoms with Crippen molar-refractivity contribution in [3.8, 4) is 0 Å². The van der Waals surface area contributed by atoms with Crippen LogP contribution < -0.4 is 0 Å². The molecule has 0 radical (unpaired) electrons. The van der Waals surface area contributed by atoms with Gasteiger partial charge in [-0.05, 0) is 30.2 Å². The van der Waals surface area contributed by atoms with Crippen molar-refractivity contribution in [1.82, 2.24) is 4.98 Å². The average molecular weight is 194 g/mol. The van der Waals surface area contributed by atoms with E-state index in [1.54, 1.807) is 6.20 Å². The number of aromatic nitrogens is 1. The maximum Gasteiger partial charge on any atom is 0.254 e. The summed E-state index contributed by atoms with van der Waals surface area (Å²) in [7, 11) is 0. The van der Waals surface area contributed by atoms with Gasteiger partial charge in [0.25, 0.3) is 5.24 Å². The first kappa shape index (κ1) is 8.32. The van der Waals surface area contributed by atoms with E-state index in [4.69, 9.17) is 11.6 Å². The van der Waals surface area contributed by atoms with Crippen LogP contribution in [-0.2, 0) is 0 Å². The fourth-order valence-corrected chi connectivity index (χ4v) is 1.67. The molecule has 3 heteroatoms. The second-order valence-electron chi connectivity index (χ2n) is 2.97. The van der Waals surface area contributed by atoms with Crippen molar-refractivity contribution in [2.75, 3.05) is 0 Å². The number of aryl methyl sites for hydroxylation is 1. The molecular formula is C10H8ClNO. The third kappa shape index (κ3) is 1.23. The van der Waals surface area contributed by atoms with Gasteiger partial charge >= 0.3 is 0 Å². The van der Waals surface area contributed by atoms with E-state index in [1.807, 2.05) is 25.1 Å². The van der Waals surface area contributed by atoms with Crippen LogP contribution in [0.3, 0.4) is 0 Å². The molecule has 66 valence electrons. The Labute approximate surface area is 80.5 Å². The molecule has 0 fully saturated rings. The highest BCUT2D eigenvalue weighted by Crippen LogP contribution is 2.22. The molecule has 1 aromatic heterocycles. The molecule has 0 saturated carbocycles. The van der Waals surface area contributed by atoms with Crippen molar-refractivity contribution >= 4 is 27.7 Å². The topological polar surface area (TPSA) is 32.9 Å². The second kappa shape index (κ2) is 2.89. The molecule has 0 aliphatic rings. The van der Waals surface area contributed by atoms with E-state index in [9.17, 15) is 4.79 Å². The van der Waals surface area contributed by atoms with Crippen LogP contribution in [0.25, 0.3) is 10.9 Å². The largest absolute Gasteiger partial charge is 0.360 e. The first-order valence-corrected chi connectivity index (χ1v) is 4.34. The SMILES string of the molecule is Cc1cccc2[nH]cc(C(=O)Cl)c12. The van der Waals surface area contributed by atoms with Crippen LogP contribution >= 0.6 is 11.6 Å². The zero-order valence-electron chi connectivity index (χ0n) is 7.10. The summed E-state index contributed by atoms with van der Waals surface area (Å²) in [5.74, 6) is 0. The zero-order chi connectivity index (χ0) is 9.42. The molecular weight excluding hydrogens is 186 g/mol. The van der Waals surface area contributed by atoms with Crippen LogP contribution in [0.2, 0.25) is 0 Å². The summed E-state index contributed by atoms with van der Waals surface area (Å²) >= 11 is 5.44. The van der Waals surface area contributed by atoms with Crippen LogP contribution in [0.15, 0.2) is 24.4 Å². The first-order chi connectivity index (χ1) is 6.20. The molecule has 1 heterocycles. The van der Waals surface area contributed by atoms with E-state index in [1.165, 1.54) is 0 Å². The number of aromatic amines is 1. The number of fused-ring (bicyclic) bond motifs is 1. The molecule has 2 aromatic rings. The Bertz CT molecular complexity index is 473. The fourth-order valence-electron chi connectivity index (χ4n) is 1.52. The van der Waals surface area contributed by atoms with Gasteiger partial charge in [0.15, 0.2) is 0 Å². The van der Waals surface area contributed by atoms with Gasteiger partial charge in [0, 0.05) is 17.1 Å². The molecule has 2 rings (SSSR count). The molecule has 0 amide bonds. The second-order valence-corrected chi connectivity index (χ2v) is 3.32. The van der Waals surface area contributed by atoms with E-state index in [-0.39, 0.29) is 0 Å². The summed E-state index contributed by atoms with van der Waals surface area (Å²) in [4.78, 5) is 14.0. The van der Waals surface area contributed by atoms with Gasteiger partial charge in [0.2, 0.25) is 0 Å². The van der Waals surface area contributed by atoms with Crippen LogP contribution in [0.4, 0.5) is 0 Å². The quantitative estimate of drug-likeness (QED) is 0.695. The highest BCUT2D eigenvalue weighted by molar-refractivity contribution is 6.68. The highest BCUT2D eigenvalue weighted by atomic mass is 35.5. The van der Waals surface area contributed by atoms with Crippen molar-refractivity contribution in [2.24, 2.45) is 0 Å². The lowest BCUT2D eigenvalue weighted by Gasteiger charge is -1.96. The third-order valence-electron chi connectivity index (χ3n) is 2.13. The van der Waals surface area contributed by atoms with Gasteiger partial charge in [-0.25, -0.2) is 0 Å². The van der Waals surface area contributed by atoms with Gasteiger partial charge in [-0.3, -0.25) is 4.79 Å². The molecule has 1 aromatic carbocycles. The summed E-state index contributed by atoms with van der Waals surface area (Å²) in [6.45, 7) is 1.96. The summed E-state index contributed by atoms with van der Waals surface area (Å²) in [5, 5.41) is 0.503. The molecule has 2 nitrogen and oxygen atoms in total. The van der Waals surface area contributed by atoms with Crippen molar-refractivity contribution in [3.63, 3.8) is 0 Å². The number of nitrogens with one attached hydrogen (secondary N) is 1. The number of H-pyrrole nitrogens is 1. The summed E-state index contributed by atoms with van der Waals surface area (Å²) < 4.78 is 0. The molecule has 1 N–H and O–H groups in total. The lowest BCUT2D eigenvalue weighted by molar-refractivity contribution is 0.108. The Morgan fingerprint density at radius 2 is 2.23 bits per heavy atom. The molecule has 0 spiro atoms. The molecule has 13 heavy (non-hydrogen) atoms. The van der Waals surface area contributed by atoms with E-state index in [2.05, 4.69) is 4.98 Å². The predicted molar refractivity (Wildman–Crippen MR) is 53.2 cm³/mol. The van der Waals surface area contributed by atoms with E-state index < -0.39 is 5.24 Å². The molecule has 0 saturated heterocycles. The van der Waals surface area contributed by atoms with Crippen molar-refractivity contribution in [3.05, 3.63) is 35.5 Å². The van der Waals surface area contributed by atoms with Gasteiger partial charge in [-0.2, -0.15) is 0 Å². The van der Waals surface area contributed by atoms with Crippen LogP contribution in [0.5, 0.6) is 0 Å². The monoisotopic (exact) mass is 193 g/mol. The Morgan fingerprint density at radius 3 is 2.92 bits per heavy atom. The molecule has 0 atom stereocenters. The molecule has 0 aliphatic carbocycles. The van der Waals surface area contributed by atoms with E-state index in [0.717, 1.165) is 16.5 Å². The zero-order valence-corrected chi connectivity index (χ0v) is 7.85. The number of carbonyl (C=O) groups excluding carboxylic acids is 1. The number of benzene rings is 1. The van der Waals surface area contributed by atoms with E-state index in [0.29, 0.717) is 5.56 Å². The Hall–Kier alpha value is -1.28.